The maximum absolute atomic E-state index is 13.2. The maximum atomic E-state index is 13.2. The van der Waals surface area contributed by atoms with Gasteiger partial charge in [-0.25, -0.2) is 8.42 Å². The minimum Gasteiger partial charge on any atom is -0.369 e. The normalized spacial score (nSPS) is 29.6. The fourth-order valence-electron chi connectivity index (χ4n) is 5.61. The molecule has 0 radical (unpaired) electrons. The molecule has 1 aromatic rings. The van der Waals surface area contributed by atoms with Gasteiger partial charge in [0, 0.05) is 43.7 Å². The number of piperazine rings is 1. The van der Waals surface area contributed by atoms with Crippen molar-refractivity contribution in [2.24, 2.45) is 16.7 Å². The second-order valence-electron chi connectivity index (χ2n) is 9.36. The summed E-state index contributed by atoms with van der Waals surface area (Å²) >= 11 is 0. The Morgan fingerprint density at radius 1 is 1.13 bits per heavy atom. The van der Waals surface area contributed by atoms with Crippen molar-refractivity contribution < 1.29 is 26.4 Å². The number of fused-ring (bicyclic) bond motifs is 2. The average Bonchev–Trinajstić information content (AvgIpc) is 3.01. The predicted molar refractivity (Wildman–Crippen MR) is 108 cm³/mol. The second-order valence-corrected chi connectivity index (χ2v) is 11.3. The van der Waals surface area contributed by atoms with Gasteiger partial charge in [-0.1, -0.05) is 19.9 Å². The number of ketones is 1. The van der Waals surface area contributed by atoms with Crippen molar-refractivity contribution >= 4 is 21.5 Å². The van der Waals surface area contributed by atoms with Crippen LogP contribution in [0.3, 0.4) is 0 Å². The van der Waals surface area contributed by atoms with Gasteiger partial charge < -0.3 is 4.90 Å². The summed E-state index contributed by atoms with van der Waals surface area (Å²) in [5.41, 5.74) is -1.41. The molecule has 2 aliphatic carbocycles. The van der Waals surface area contributed by atoms with Crippen molar-refractivity contribution in [3.63, 3.8) is 0 Å². The van der Waals surface area contributed by atoms with Crippen LogP contribution < -0.4 is 4.90 Å². The third-order valence-corrected chi connectivity index (χ3v) is 9.75. The van der Waals surface area contributed by atoms with Gasteiger partial charge in [0.1, 0.15) is 5.78 Å². The molecule has 0 amide bonds. The highest BCUT2D eigenvalue weighted by Gasteiger charge is 2.65. The van der Waals surface area contributed by atoms with Crippen LogP contribution in [0.2, 0.25) is 0 Å². The lowest BCUT2D eigenvalue weighted by atomic mass is 9.70. The highest BCUT2D eigenvalue weighted by Crippen LogP contribution is 2.64. The zero-order valence-corrected chi connectivity index (χ0v) is 18.0. The molecule has 0 N–H and O–H groups in total. The molecule has 2 bridgehead atoms. The van der Waals surface area contributed by atoms with Gasteiger partial charge in [-0.2, -0.15) is 17.5 Å². The zero-order chi connectivity index (χ0) is 21.9. The Labute approximate surface area is 175 Å². The van der Waals surface area contributed by atoms with Gasteiger partial charge in [0.05, 0.1) is 11.3 Å². The molecule has 166 valence electrons. The summed E-state index contributed by atoms with van der Waals surface area (Å²) in [7, 11) is -3.65. The minimum absolute atomic E-state index is 0.0647. The van der Waals surface area contributed by atoms with E-state index in [-0.39, 0.29) is 36.0 Å². The highest BCUT2D eigenvalue weighted by molar-refractivity contribution is 7.89. The molecule has 1 aliphatic heterocycles. The first kappa shape index (κ1) is 21.6. The first-order valence-corrected chi connectivity index (χ1v) is 11.9. The third-order valence-electron chi connectivity index (χ3n) is 7.74. The van der Waals surface area contributed by atoms with E-state index in [0.717, 1.165) is 18.6 Å². The van der Waals surface area contributed by atoms with Crippen molar-refractivity contribution in [1.82, 2.24) is 4.31 Å². The van der Waals surface area contributed by atoms with Gasteiger partial charge in [0.25, 0.3) is 0 Å². The van der Waals surface area contributed by atoms with Gasteiger partial charge in [0.15, 0.2) is 0 Å². The first-order valence-electron chi connectivity index (χ1n) is 10.3. The van der Waals surface area contributed by atoms with E-state index in [9.17, 15) is 26.4 Å². The SMILES string of the molecule is CC1(C)C2CCC1(CS(=O)(=O)N1CCN(c3cccc(C(F)(F)F)c3)CC1)C(=O)C2. The number of halogens is 3. The number of rotatable bonds is 4. The number of nitrogens with zero attached hydrogens (tertiary/aromatic N) is 2. The molecule has 30 heavy (non-hydrogen) atoms. The van der Waals surface area contributed by atoms with Gasteiger partial charge in [0.2, 0.25) is 10.0 Å². The van der Waals surface area contributed by atoms with Crippen LogP contribution in [0.1, 0.15) is 38.7 Å². The largest absolute Gasteiger partial charge is 0.416 e. The third kappa shape index (κ3) is 3.34. The maximum Gasteiger partial charge on any atom is 0.416 e. The molecular formula is C21H27F3N2O3S. The Hall–Kier alpha value is -1.61. The molecule has 0 aromatic heterocycles. The van der Waals surface area contributed by atoms with Crippen molar-refractivity contribution in [2.75, 3.05) is 36.8 Å². The smallest absolute Gasteiger partial charge is 0.369 e. The Morgan fingerprint density at radius 2 is 1.80 bits per heavy atom. The number of benzene rings is 1. The summed E-state index contributed by atoms with van der Waals surface area (Å²) in [5.74, 6) is 0.152. The van der Waals surface area contributed by atoms with Crippen LogP contribution in [0.4, 0.5) is 18.9 Å². The molecule has 4 rings (SSSR count). The predicted octanol–water partition coefficient (Wildman–Crippen LogP) is 3.55. The summed E-state index contributed by atoms with van der Waals surface area (Å²) in [5, 5.41) is 0. The number of carbonyl (C=O) groups is 1. The van der Waals surface area contributed by atoms with Crippen LogP contribution in [-0.2, 0) is 21.0 Å². The van der Waals surface area contributed by atoms with Gasteiger partial charge >= 0.3 is 6.18 Å². The van der Waals surface area contributed by atoms with E-state index < -0.39 is 27.2 Å². The van der Waals surface area contributed by atoms with Crippen molar-refractivity contribution in [3.8, 4) is 0 Å². The summed E-state index contributed by atoms with van der Waals surface area (Å²) in [6.07, 6.45) is -2.45. The fourth-order valence-corrected chi connectivity index (χ4v) is 7.82. The van der Waals surface area contributed by atoms with Gasteiger partial charge in [-0.3, -0.25) is 4.79 Å². The quantitative estimate of drug-likeness (QED) is 0.713. The van der Waals surface area contributed by atoms with Crippen LogP contribution in [0.15, 0.2) is 24.3 Å². The molecule has 9 heteroatoms. The fraction of sp³-hybridized carbons (Fsp3) is 0.667. The molecule has 2 saturated carbocycles. The van der Waals surface area contributed by atoms with E-state index in [2.05, 4.69) is 0 Å². The highest BCUT2D eigenvalue weighted by atomic mass is 32.2. The van der Waals surface area contributed by atoms with Gasteiger partial charge in [-0.15, -0.1) is 0 Å². The average molecular weight is 445 g/mol. The number of carbonyl (C=O) groups excluding carboxylic acids is 1. The Kier molecular flexibility index (Phi) is 5.01. The Morgan fingerprint density at radius 3 is 2.33 bits per heavy atom. The number of hydrogen-bond acceptors (Lipinski definition) is 4. The lowest BCUT2D eigenvalue weighted by molar-refractivity contribution is -0.137. The molecule has 2 atom stereocenters. The van der Waals surface area contributed by atoms with Crippen LogP contribution in [-0.4, -0.2) is 50.4 Å². The molecule has 1 saturated heterocycles. The van der Waals surface area contributed by atoms with E-state index in [1.54, 1.807) is 11.0 Å². The van der Waals surface area contributed by atoms with E-state index >= 15 is 0 Å². The topological polar surface area (TPSA) is 57.7 Å². The summed E-state index contributed by atoms with van der Waals surface area (Å²) in [4.78, 5) is 14.5. The lowest BCUT2D eigenvalue weighted by Crippen LogP contribution is -2.52. The summed E-state index contributed by atoms with van der Waals surface area (Å²) < 4.78 is 66.7. The Balaban J connectivity index is 1.46. The van der Waals surface area contributed by atoms with Crippen molar-refractivity contribution in [2.45, 2.75) is 39.3 Å². The standard InChI is InChI=1S/C21H27F3N2O3S/c1-19(2)15-6-7-20(19,18(27)13-15)14-30(28,29)26-10-8-25(9-11-26)17-5-3-4-16(12-17)21(22,23)24/h3-5,12,15H,6-11,13-14H2,1-2H3. The van der Waals surface area contributed by atoms with Gasteiger partial charge in [-0.05, 0) is 42.4 Å². The lowest BCUT2D eigenvalue weighted by Gasteiger charge is -2.40. The van der Waals surface area contributed by atoms with Crippen LogP contribution >= 0.6 is 0 Å². The number of sulfonamides is 1. The van der Waals surface area contributed by atoms with E-state index in [4.69, 9.17) is 0 Å². The molecule has 3 fully saturated rings. The van der Waals surface area contributed by atoms with Crippen LogP contribution in [0, 0.1) is 16.7 Å². The summed E-state index contributed by atoms with van der Waals surface area (Å²) in [6, 6.07) is 5.10. The zero-order valence-electron chi connectivity index (χ0n) is 17.2. The first-order chi connectivity index (χ1) is 13.9. The van der Waals surface area contributed by atoms with Crippen LogP contribution in [0.25, 0.3) is 0 Å². The number of alkyl halides is 3. The minimum atomic E-state index is -4.42. The molecule has 3 aliphatic rings. The molecule has 5 nitrogen and oxygen atoms in total. The molecular weight excluding hydrogens is 417 g/mol. The van der Waals surface area contributed by atoms with Crippen LogP contribution in [0.5, 0.6) is 0 Å². The van der Waals surface area contributed by atoms with E-state index in [1.807, 2.05) is 13.8 Å². The van der Waals surface area contributed by atoms with E-state index in [1.165, 1.54) is 10.4 Å². The molecule has 0 spiro atoms. The van der Waals surface area contributed by atoms with Crippen molar-refractivity contribution in [1.29, 1.82) is 0 Å². The van der Waals surface area contributed by atoms with E-state index in [0.29, 0.717) is 31.6 Å². The second kappa shape index (κ2) is 6.95. The molecule has 2 unspecified atom stereocenters. The molecule has 1 heterocycles. The summed E-state index contributed by atoms with van der Waals surface area (Å²) in [6.45, 7) is 5.05. The number of hydrogen-bond donors (Lipinski definition) is 0. The molecule has 1 aromatic carbocycles. The number of Topliss-reactive ketones (excluding diaryl/α,β-unsaturated/α-hetero) is 1. The number of anilines is 1. The van der Waals surface area contributed by atoms with Crippen molar-refractivity contribution in [3.05, 3.63) is 29.8 Å². The Bertz CT molecular complexity index is 952. The monoisotopic (exact) mass is 444 g/mol.